The first kappa shape index (κ1) is 9.24. The first-order valence-corrected chi connectivity index (χ1v) is 4.66. The van der Waals surface area contributed by atoms with Crippen LogP contribution in [0.4, 0.5) is 0 Å². The normalized spacial score (nSPS) is 12.9. The molecule has 1 aromatic rings. The van der Waals surface area contributed by atoms with E-state index in [1.54, 1.807) is 0 Å². The molecule has 0 saturated carbocycles. The second kappa shape index (κ2) is 4.24. The van der Waals surface area contributed by atoms with Gasteiger partial charge in [-0.3, -0.25) is 4.98 Å². The summed E-state index contributed by atoms with van der Waals surface area (Å²) in [6.07, 6.45) is 4.50. The number of hydrogen-bond acceptors (Lipinski definition) is 1. The Morgan fingerprint density at radius 3 is 2.67 bits per heavy atom. The molecule has 0 fully saturated rings. The Kier molecular flexibility index (Phi) is 3.27. The van der Waals surface area contributed by atoms with Crippen LogP contribution in [0.2, 0.25) is 0 Å². The van der Waals surface area contributed by atoms with E-state index < -0.39 is 0 Å². The lowest BCUT2D eigenvalue weighted by molar-refractivity contribution is 0.662. The number of rotatable bonds is 3. The molecule has 0 bridgehead atoms. The molecule has 0 aromatic carbocycles. The SMILES string of the molecule is CCCC(C)c1ccc(C)nc1. The second-order valence-corrected chi connectivity index (χ2v) is 3.42. The van der Waals surface area contributed by atoms with E-state index in [1.807, 2.05) is 13.1 Å². The topological polar surface area (TPSA) is 12.9 Å². The third kappa shape index (κ3) is 2.33. The number of aryl methyl sites for hydroxylation is 1. The van der Waals surface area contributed by atoms with Gasteiger partial charge in [0.15, 0.2) is 0 Å². The zero-order valence-electron chi connectivity index (χ0n) is 8.17. The van der Waals surface area contributed by atoms with Gasteiger partial charge >= 0.3 is 0 Å². The molecule has 1 unspecified atom stereocenters. The third-order valence-corrected chi connectivity index (χ3v) is 2.22. The van der Waals surface area contributed by atoms with Crippen molar-refractivity contribution in [1.29, 1.82) is 0 Å². The molecule has 12 heavy (non-hydrogen) atoms. The quantitative estimate of drug-likeness (QED) is 0.666. The van der Waals surface area contributed by atoms with Crippen LogP contribution in [0.25, 0.3) is 0 Å². The Balaban J connectivity index is 2.68. The standard InChI is InChI=1S/C11H17N/c1-4-5-9(2)11-7-6-10(3)12-8-11/h6-9H,4-5H2,1-3H3. The number of nitrogens with zero attached hydrogens (tertiary/aromatic N) is 1. The summed E-state index contributed by atoms with van der Waals surface area (Å²) in [6, 6.07) is 4.27. The maximum atomic E-state index is 4.28. The van der Waals surface area contributed by atoms with Crippen molar-refractivity contribution in [2.75, 3.05) is 0 Å². The van der Waals surface area contributed by atoms with Gasteiger partial charge in [0, 0.05) is 11.9 Å². The molecule has 1 nitrogen and oxygen atoms in total. The average molecular weight is 163 g/mol. The van der Waals surface area contributed by atoms with Crippen LogP contribution < -0.4 is 0 Å². The molecule has 0 N–H and O–H groups in total. The van der Waals surface area contributed by atoms with E-state index in [4.69, 9.17) is 0 Å². The zero-order valence-corrected chi connectivity index (χ0v) is 8.17. The number of pyridine rings is 1. The summed E-state index contributed by atoms with van der Waals surface area (Å²) in [7, 11) is 0. The maximum Gasteiger partial charge on any atom is 0.0372 e. The molecule has 1 heteroatoms. The minimum absolute atomic E-state index is 0.656. The first-order valence-electron chi connectivity index (χ1n) is 4.66. The van der Waals surface area contributed by atoms with E-state index in [9.17, 15) is 0 Å². The van der Waals surface area contributed by atoms with Gasteiger partial charge in [0.25, 0.3) is 0 Å². The van der Waals surface area contributed by atoms with E-state index >= 15 is 0 Å². The molecule has 1 heterocycles. The Labute approximate surface area is 74.8 Å². The van der Waals surface area contributed by atoms with Crippen LogP contribution in [0.5, 0.6) is 0 Å². The number of hydrogen-bond donors (Lipinski definition) is 0. The summed E-state index contributed by atoms with van der Waals surface area (Å²) in [5, 5.41) is 0. The van der Waals surface area contributed by atoms with Crippen LogP contribution in [0.1, 0.15) is 43.9 Å². The Morgan fingerprint density at radius 1 is 1.42 bits per heavy atom. The second-order valence-electron chi connectivity index (χ2n) is 3.42. The van der Waals surface area contributed by atoms with Gasteiger partial charge in [-0.1, -0.05) is 26.3 Å². The highest BCUT2D eigenvalue weighted by Gasteiger charge is 2.03. The minimum Gasteiger partial charge on any atom is -0.261 e. The molecule has 0 saturated heterocycles. The summed E-state index contributed by atoms with van der Waals surface area (Å²) < 4.78 is 0. The van der Waals surface area contributed by atoms with Gasteiger partial charge in [0.05, 0.1) is 0 Å². The predicted octanol–water partition coefficient (Wildman–Crippen LogP) is 3.29. The van der Waals surface area contributed by atoms with E-state index in [0.717, 1.165) is 5.69 Å². The van der Waals surface area contributed by atoms with E-state index in [2.05, 4.69) is 31.0 Å². The van der Waals surface area contributed by atoms with Crippen molar-refractivity contribution >= 4 is 0 Å². The minimum atomic E-state index is 0.656. The van der Waals surface area contributed by atoms with Crippen LogP contribution in [-0.2, 0) is 0 Å². The molecule has 66 valence electrons. The molecule has 0 aliphatic carbocycles. The van der Waals surface area contributed by atoms with Crippen LogP contribution >= 0.6 is 0 Å². The molecule has 0 radical (unpaired) electrons. The molecule has 0 spiro atoms. The molecule has 1 atom stereocenters. The van der Waals surface area contributed by atoms with Gasteiger partial charge in [-0.15, -0.1) is 0 Å². The highest BCUT2D eigenvalue weighted by molar-refractivity contribution is 5.16. The Bertz CT molecular complexity index is 225. The van der Waals surface area contributed by atoms with Crippen molar-refractivity contribution in [3.63, 3.8) is 0 Å². The maximum absolute atomic E-state index is 4.28. The summed E-state index contributed by atoms with van der Waals surface area (Å²) in [6.45, 7) is 6.50. The van der Waals surface area contributed by atoms with Gasteiger partial charge in [0.2, 0.25) is 0 Å². The largest absolute Gasteiger partial charge is 0.261 e. The van der Waals surface area contributed by atoms with E-state index in [-0.39, 0.29) is 0 Å². The smallest absolute Gasteiger partial charge is 0.0372 e. The lowest BCUT2D eigenvalue weighted by Crippen LogP contribution is -1.94. The fourth-order valence-corrected chi connectivity index (χ4v) is 1.37. The molecule has 1 rings (SSSR count). The summed E-state index contributed by atoms with van der Waals surface area (Å²) in [4.78, 5) is 4.28. The lowest BCUT2D eigenvalue weighted by atomic mass is 9.98. The summed E-state index contributed by atoms with van der Waals surface area (Å²) in [5.74, 6) is 0.656. The lowest BCUT2D eigenvalue weighted by Gasteiger charge is -2.09. The van der Waals surface area contributed by atoms with Gasteiger partial charge in [0.1, 0.15) is 0 Å². The van der Waals surface area contributed by atoms with Crippen molar-refractivity contribution in [2.45, 2.75) is 39.5 Å². The van der Waals surface area contributed by atoms with E-state index in [1.165, 1.54) is 18.4 Å². The monoisotopic (exact) mass is 163 g/mol. The molecular weight excluding hydrogens is 146 g/mol. The first-order chi connectivity index (χ1) is 5.74. The Morgan fingerprint density at radius 2 is 2.17 bits per heavy atom. The fourth-order valence-electron chi connectivity index (χ4n) is 1.37. The zero-order chi connectivity index (χ0) is 8.97. The summed E-state index contributed by atoms with van der Waals surface area (Å²) >= 11 is 0. The number of aromatic nitrogens is 1. The molecule has 0 amide bonds. The van der Waals surface area contributed by atoms with Gasteiger partial charge in [-0.25, -0.2) is 0 Å². The van der Waals surface area contributed by atoms with Crippen molar-refractivity contribution in [3.05, 3.63) is 29.6 Å². The molecule has 0 aliphatic rings. The van der Waals surface area contributed by atoms with Gasteiger partial charge in [-0.2, -0.15) is 0 Å². The van der Waals surface area contributed by atoms with Gasteiger partial charge in [-0.05, 0) is 30.9 Å². The molecular formula is C11H17N. The van der Waals surface area contributed by atoms with Crippen molar-refractivity contribution in [1.82, 2.24) is 4.98 Å². The highest BCUT2D eigenvalue weighted by Crippen LogP contribution is 2.19. The van der Waals surface area contributed by atoms with Crippen LogP contribution in [0.15, 0.2) is 18.3 Å². The average Bonchev–Trinajstić information content (AvgIpc) is 2.06. The van der Waals surface area contributed by atoms with Crippen molar-refractivity contribution in [3.8, 4) is 0 Å². The van der Waals surface area contributed by atoms with E-state index in [0.29, 0.717) is 5.92 Å². The third-order valence-electron chi connectivity index (χ3n) is 2.22. The van der Waals surface area contributed by atoms with Crippen molar-refractivity contribution in [2.24, 2.45) is 0 Å². The highest BCUT2D eigenvalue weighted by atomic mass is 14.7. The molecule has 1 aromatic heterocycles. The van der Waals surface area contributed by atoms with Crippen LogP contribution in [-0.4, -0.2) is 4.98 Å². The Hall–Kier alpha value is -0.850. The molecule has 0 aliphatic heterocycles. The van der Waals surface area contributed by atoms with Crippen LogP contribution in [0, 0.1) is 6.92 Å². The van der Waals surface area contributed by atoms with Gasteiger partial charge < -0.3 is 0 Å². The summed E-state index contributed by atoms with van der Waals surface area (Å²) in [5.41, 5.74) is 2.46. The fraction of sp³-hybridized carbons (Fsp3) is 0.545. The van der Waals surface area contributed by atoms with Crippen molar-refractivity contribution < 1.29 is 0 Å². The van der Waals surface area contributed by atoms with Crippen LogP contribution in [0.3, 0.4) is 0 Å². The predicted molar refractivity (Wildman–Crippen MR) is 52.3 cm³/mol.